The Balaban J connectivity index is 1.86. The molecule has 0 aliphatic carbocycles. The quantitative estimate of drug-likeness (QED) is 0.423. The van der Waals surface area contributed by atoms with Crippen LogP contribution in [0.2, 0.25) is 0 Å². The third-order valence-electron chi connectivity index (χ3n) is 4.42. The summed E-state index contributed by atoms with van der Waals surface area (Å²) in [5.74, 6) is 1.67. The maximum Gasteiger partial charge on any atom is 0.233 e. The fourth-order valence-corrected chi connectivity index (χ4v) is 4.41. The topological polar surface area (TPSA) is 64.2 Å². The normalized spacial score (nSPS) is 11.4. The first kappa shape index (κ1) is 21.6. The largest absolute Gasteiger partial charge is 0.446 e. The molecule has 1 aromatic carbocycles. The van der Waals surface area contributed by atoms with Crippen molar-refractivity contribution in [1.82, 2.24) is 19.7 Å². The molecule has 0 unspecified atom stereocenters. The van der Waals surface area contributed by atoms with Crippen molar-refractivity contribution in [3.63, 3.8) is 0 Å². The Hall–Kier alpha value is -2.06. The standard InChI is InChI=1S/C21H25BrN4O2S/c1-14(2)26(15(3)4)19(27)13-29-21-24-23-20(17-10-11-18(22)28-17)25(21)12-16-8-6-5-7-9-16/h5-11,14-15H,12-13H2,1-4H3. The molecule has 0 aliphatic rings. The van der Waals surface area contributed by atoms with Crippen molar-refractivity contribution in [2.75, 3.05) is 5.75 Å². The number of amides is 1. The molecule has 3 aromatic rings. The number of aromatic nitrogens is 3. The van der Waals surface area contributed by atoms with Crippen LogP contribution in [0.15, 0.2) is 56.7 Å². The molecule has 3 rings (SSSR count). The van der Waals surface area contributed by atoms with Gasteiger partial charge in [-0.3, -0.25) is 9.36 Å². The van der Waals surface area contributed by atoms with Crippen LogP contribution in [0.5, 0.6) is 0 Å². The molecule has 0 saturated heterocycles. The number of nitrogens with zero attached hydrogens (tertiary/aromatic N) is 4. The molecular weight excluding hydrogens is 452 g/mol. The number of hydrogen-bond donors (Lipinski definition) is 0. The molecule has 0 radical (unpaired) electrons. The molecular formula is C21H25BrN4O2S. The van der Waals surface area contributed by atoms with E-state index in [0.29, 0.717) is 33.7 Å². The highest BCUT2D eigenvalue weighted by molar-refractivity contribution is 9.10. The minimum absolute atomic E-state index is 0.0940. The Bertz CT molecular complexity index is 945. The summed E-state index contributed by atoms with van der Waals surface area (Å²) in [6, 6.07) is 14.1. The van der Waals surface area contributed by atoms with E-state index in [-0.39, 0.29) is 18.0 Å². The zero-order valence-electron chi connectivity index (χ0n) is 17.0. The van der Waals surface area contributed by atoms with Gasteiger partial charge in [-0.2, -0.15) is 0 Å². The molecule has 0 spiro atoms. The van der Waals surface area contributed by atoms with E-state index in [1.807, 2.05) is 67.5 Å². The molecule has 8 heteroatoms. The predicted octanol–water partition coefficient (Wildman–Crippen LogP) is 5.09. The van der Waals surface area contributed by atoms with Gasteiger partial charge in [0, 0.05) is 12.1 Å². The first-order valence-electron chi connectivity index (χ1n) is 9.53. The average molecular weight is 477 g/mol. The van der Waals surface area contributed by atoms with Gasteiger partial charge >= 0.3 is 0 Å². The van der Waals surface area contributed by atoms with Crippen LogP contribution in [-0.2, 0) is 11.3 Å². The number of benzene rings is 1. The zero-order chi connectivity index (χ0) is 21.0. The van der Waals surface area contributed by atoms with Crippen LogP contribution in [0.1, 0.15) is 33.3 Å². The second kappa shape index (κ2) is 9.63. The molecule has 0 saturated carbocycles. The van der Waals surface area contributed by atoms with Gasteiger partial charge in [0.2, 0.25) is 11.7 Å². The number of furan rings is 1. The maximum absolute atomic E-state index is 12.8. The SMILES string of the molecule is CC(C)N(C(=O)CSc1nnc(-c2ccc(Br)o2)n1Cc1ccccc1)C(C)C. The Kier molecular flexibility index (Phi) is 7.18. The van der Waals surface area contributed by atoms with Gasteiger partial charge in [0.1, 0.15) is 0 Å². The molecule has 29 heavy (non-hydrogen) atoms. The molecule has 0 aliphatic heterocycles. The molecule has 0 fully saturated rings. The van der Waals surface area contributed by atoms with Crippen LogP contribution < -0.4 is 0 Å². The molecule has 0 bridgehead atoms. The molecule has 2 heterocycles. The van der Waals surface area contributed by atoms with Crippen molar-refractivity contribution in [3.8, 4) is 11.6 Å². The number of rotatable bonds is 8. The Morgan fingerprint density at radius 3 is 2.38 bits per heavy atom. The molecule has 154 valence electrons. The summed E-state index contributed by atoms with van der Waals surface area (Å²) in [5.41, 5.74) is 1.12. The third kappa shape index (κ3) is 5.30. The second-order valence-electron chi connectivity index (χ2n) is 7.26. The third-order valence-corrected chi connectivity index (χ3v) is 5.80. The predicted molar refractivity (Wildman–Crippen MR) is 119 cm³/mol. The fourth-order valence-electron chi connectivity index (χ4n) is 3.29. The van der Waals surface area contributed by atoms with Gasteiger partial charge in [0.05, 0.1) is 12.3 Å². The van der Waals surface area contributed by atoms with E-state index in [4.69, 9.17) is 4.42 Å². The second-order valence-corrected chi connectivity index (χ2v) is 8.98. The summed E-state index contributed by atoms with van der Waals surface area (Å²) in [6.45, 7) is 8.73. The lowest BCUT2D eigenvalue weighted by atomic mass is 10.2. The minimum atomic E-state index is 0.0940. The summed E-state index contributed by atoms with van der Waals surface area (Å²) in [4.78, 5) is 14.7. The Morgan fingerprint density at radius 1 is 1.10 bits per heavy atom. The Labute approximate surface area is 183 Å². The number of carbonyl (C=O) groups is 1. The monoisotopic (exact) mass is 476 g/mol. The van der Waals surface area contributed by atoms with Crippen LogP contribution in [0.25, 0.3) is 11.6 Å². The van der Waals surface area contributed by atoms with Crippen molar-refractivity contribution < 1.29 is 9.21 Å². The molecule has 1 amide bonds. The highest BCUT2D eigenvalue weighted by Gasteiger charge is 2.23. The Morgan fingerprint density at radius 2 is 1.79 bits per heavy atom. The van der Waals surface area contributed by atoms with E-state index < -0.39 is 0 Å². The lowest BCUT2D eigenvalue weighted by Crippen LogP contribution is -2.43. The van der Waals surface area contributed by atoms with E-state index >= 15 is 0 Å². The first-order valence-corrected chi connectivity index (χ1v) is 11.3. The van der Waals surface area contributed by atoms with Crippen molar-refractivity contribution in [1.29, 1.82) is 0 Å². The summed E-state index contributed by atoms with van der Waals surface area (Å²) in [5, 5.41) is 9.38. The number of thioether (sulfide) groups is 1. The van der Waals surface area contributed by atoms with E-state index in [9.17, 15) is 4.79 Å². The number of halogens is 1. The van der Waals surface area contributed by atoms with Crippen molar-refractivity contribution >= 4 is 33.6 Å². The van der Waals surface area contributed by atoms with Gasteiger partial charge in [-0.15, -0.1) is 10.2 Å². The summed E-state index contributed by atoms with van der Waals surface area (Å²) in [7, 11) is 0. The van der Waals surface area contributed by atoms with Gasteiger partial charge in [0.25, 0.3) is 0 Å². The fraction of sp³-hybridized carbons (Fsp3) is 0.381. The van der Waals surface area contributed by atoms with Crippen molar-refractivity contribution in [2.45, 2.75) is 51.5 Å². The maximum atomic E-state index is 12.8. The van der Waals surface area contributed by atoms with E-state index in [2.05, 4.69) is 38.3 Å². The van der Waals surface area contributed by atoms with E-state index in [0.717, 1.165) is 5.56 Å². The van der Waals surface area contributed by atoms with E-state index in [1.54, 1.807) is 0 Å². The first-order chi connectivity index (χ1) is 13.9. The van der Waals surface area contributed by atoms with Crippen LogP contribution in [0.4, 0.5) is 0 Å². The van der Waals surface area contributed by atoms with Crippen LogP contribution in [-0.4, -0.2) is 43.4 Å². The van der Waals surface area contributed by atoms with Gasteiger partial charge < -0.3 is 9.32 Å². The van der Waals surface area contributed by atoms with Gasteiger partial charge in [-0.25, -0.2) is 0 Å². The lowest BCUT2D eigenvalue weighted by molar-refractivity contribution is -0.131. The number of carbonyl (C=O) groups excluding carboxylic acids is 1. The molecule has 6 nitrogen and oxygen atoms in total. The highest BCUT2D eigenvalue weighted by Crippen LogP contribution is 2.28. The van der Waals surface area contributed by atoms with Gasteiger partial charge in [-0.1, -0.05) is 42.1 Å². The minimum Gasteiger partial charge on any atom is -0.446 e. The zero-order valence-corrected chi connectivity index (χ0v) is 19.4. The van der Waals surface area contributed by atoms with E-state index in [1.165, 1.54) is 11.8 Å². The smallest absolute Gasteiger partial charge is 0.233 e. The average Bonchev–Trinajstić information content (AvgIpc) is 3.26. The summed E-state index contributed by atoms with van der Waals surface area (Å²) < 4.78 is 8.33. The lowest BCUT2D eigenvalue weighted by Gasteiger charge is -2.30. The van der Waals surface area contributed by atoms with Crippen LogP contribution >= 0.6 is 27.7 Å². The molecule has 0 atom stereocenters. The van der Waals surface area contributed by atoms with Crippen molar-refractivity contribution in [3.05, 3.63) is 52.7 Å². The molecule has 2 aromatic heterocycles. The number of hydrogen-bond acceptors (Lipinski definition) is 5. The van der Waals surface area contributed by atoms with Crippen molar-refractivity contribution in [2.24, 2.45) is 0 Å². The summed E-state index contributed by atoms with van der Waals surface area (Å²) >= 11 is 4.75. The summed E-state index contributed by atoms with van der Waals surface area (Å²) in [6.07, 6.45) is 0. The van der Waals surface area contributed by atoms with Crippen LogP contribution in [0.3, 0.4) is 0 Å². The van der Waals surface area contributed by atoms with Gasteiger partial charge in [0.15, 0.2) is 15.6 Å². The highest BCUT2D eigenvalue weighted by atomic mass is 79.9. The van der Waals surface area contributed by atoms with Crippen LogP contribution in [0, 0.1) is 0 Å². The molecule has 0 N–H and O–H groups in total. The van der Waals surface area contributed by atoms with Gasteiger partial charge in [-0.05, 0) is 61.3 Å².